The lowest BCUT2D eigenvalue weighted by Gasteiger charge is -2.15. The van der Waals surface area contributed by atoms with E-state index in [9.17, 15) is 4.79 Å². The monoisotopic (exact) mass is 294 g/mol. The molecule has 0 aliphatic rings. The number of benzene rings is 1. The van der Waals surface area contributed by atoms with Crippen molar-refractivity contribution in [2.75, 3.05) is 20.3 Å². The summed E-state index contributed by atoms with van der Waals surface area (Å²) in [5.41, 5.74) is 6.99. The maximum absolute atomic E-state index is 11.6. The Morgan fingerprint density at radius 2 is 2.14 bits per heavy atom. The second-order valence-electron chi connectivity index (χ2n) is 4.98. The molecule has 1 amide bonds. The summed E-state index contributed by atoms with van der Waals surface area (Å²) in [5, 5.41) is 2.78. The summed E-state index contributed by atoms with van der Waals surface area (Å²) in [6.07, 6.45) is 2.51. The van der Waals surface area contributed by atoms with Crippen LogP contribution in [0.1, 0.15) is 32.3 Å². The third-order valence-electron chi connectivity index (χ3n) is 3.21. The van der Waals surface area contributed by atoms with E-state index in [4.69, 9.17) is 15.2 Å². The quantitative estimate of drug-likeness (QED) is 0.729. The van der Waals surface area contributed by atoms with Gasteiger partial charge < -0.3 is 20.5 Å². The van der Waals surface area contributed by atoms with Crippen molar-refractivity contribution in [1.82, 2.24) is 5.32 Å². The first-order valence-corrected chi connectivity index (χ1v) is 7.42. The number of ether oxygens (including phenoxy) is 2. The number of hydrogen-bond donors (Lipinski definition) is 2. The number of carbonyl (C=O) groups is 1. The zero-order valence-corrected chi connectivity index (χ0v) is 13.1. The minimum atomic E-state index is -0.120. The van der Waals surface area contributed by atoms with Crippen LogP contribution >= 0.6 is 0 Å². The summed E-state index contributed by atoms with van der Waals surface area (Å²) < 4.78 is 10.8. The molecule has 0 saturated heterocycles. The molecule has 0 fully saturated rings. The molecule has 0 radical (unpaired) electrons. The first-order valence-electron chi connectivity index (χ1n) is 7.42. The van der Waals surface area contributed by atoms with Crippen LogP contribution in [0.4, 0.5) is 0 Å². The SMILES string of the molecule is CCCNC(=O)COc1cc(OC)ccc1CC(N)CC. The zero-order chi connectivity index (χ0) is 15.7. The number of carbonyl (C=O) groups excluding carboxylic acids is 1. The first-order chi connectivity index (χ1) is 10.1. The lowest BCUT2D eigenvalue weighted by molar-refractivity contribution is -0.123. The summed E-state index contributed by atoms with van der Waals surface area (Å²) in [6, 6.07) is 5.69. The summed E-state index contributed by atoms with van der Waals surface area (Å²) in [7, 11) is 1.60. The molecule has 1 aromatic rings. The van der Waals surface area contributed by atoms with Crippen LogP contribution in [0.5, 0.6) is 11.5 Å². The highest BCUT2D eigenvalue weighted by molar-refractivity contribution is 5.77. The summed E-state index contributed by atoms with van der Waals surface area (Å²) >= 11 is 0. The molecule has 0 bridgehead atoms. The molecule has 1 atom stereocenters. The van der Waals surface area contributed by atoms with Gasteiger partial charge in [0.1, 0.15) is 11.5 Å². The number of rotatable bonds is 9. The third-order valence-corrected chi connectivity index (χ3v) is 3.21. The largest absolute Gasteiger partial charge is 0.497 e. The van der Waals surface area contributed by atoms with Gasteiger partial charge in [0.2, 0.25) is 0 Å². The van der Waals surface area contributed by atoms with Crippen molar-refractivity contribution in [3.63, 3.8) is 0 Å². The van der Waals surface area contributed by atoms with Gasteiger partial charge >= 0.3 is 0 Å². The standard InChI is InChI=1S/C16H26N2O3/c1-4-8-18-16(19)11-21-15-10-14(20-3)7-6-12(15)9-13(17)5-2/h6-7,10,13H,4-5,8-9,11,17H2,1-3H3,(H,18,19). The molecule has 0 spiro atoms. The molecule has 21 heavy (non-hydrogen) atoms. The predicted molar refractivity (Wildman–Crippen MR) is 83.8 cm³/mol. The lowest BCUT2D eigenvalue weighted by Crippen LogP contribution is -2.29. The van der Waals surface area contributed by atoms with E-state index in [1.165, 1.54) is 0 Å². The van der Waals surface area contributed by atoms with Crippen molar-refractivity contribution in [2.24, 2.45) is 5.73 Å². The molecule has 0 aliphatic carbocycles. The van der Waals surface area contributed by atoms with E-state index in [1.54, 1.807) is 13.2 Å². The van der Waals surface area contributed by atoms with E-state index >= 15 is 0 Å². The Kier molecular flexibility index (Phi) is 7.61. The van der Waals surface area contributed by atoms with Gasteiger partial charge in [-0.2, -0.15) is 0 Å². The van der Waals surface area contributed by atoms with Crippen LogP contribution in [0, 0.1) is 0 Å². The zero-order valence-electron chi connectivity index (χ0n) is 13.1. The van der Waals surface area contributed by atoms with Crippen molar-refractivity contribution in [2.45, 2.75) is 39.2 Å². The molecular weight excluding hydrogens is 268 g/mol. The normalized spacial score (nSPS) is 11.8. The number of amides is 1. The maximum atomic E-state index is 11.6. The summed E-state index contributed by atoms with van der Waals surface area (Å²) in [4.78, 5) is 11.6. The van der Waals surface area contributed by atoms with Crippen molar-refractivity contribution < 1.29 is 14.3 Å². The van der Waals surface area contributed by atoms with Crippen LogP contribution in [0.25, 0.3) is 0 Å². The Labute approximate surface area is 126 Å². The molecule has 1 aromatic carbocycles. The van der Waals surface area contributed by atoms with Crippen LogP contribution in [-0.4, -0.2) is 32.2 Å². The first kappa shape index (κ1) is 17.3. The van der Waals surface area contributed by atoms with E-state index in [2.05, 4.69) is 5.32 Å². The van der Waals surface area contributed by atoms with Crippen LogP contribution in [0.2, 0.25) is 0 Å². The predicted octanol–water partition coefficient (Wildman–Crippen LogP) is 1.88. The molecule has 5 nitrogen and oxygen atoms in total. The fraction of sp³-hybridized carbons (Fsp3) is 0.562. The van der Waals surface area contributed by atoms with Gasteiger partial charge in [0.25, 0.3) is 5.91 Å². The van der Waals surface area contributed by atoms with Crippen molar-refractivity contribution in [1.29, 1.82) is 0 Å². The molecule has 1 unspecified atom stereocenters. The van der Waals surface area contributed by atoms with Gasteiger partial charge in [-0.15, -0.1) is 0 Å². The van der Waals surface area contributed by atoms with Gasteiger partial charge in [0.05, 0.1) is 7.11 Å². The average molecular weight is 294 g/mol. The molecule has 5 heteroatoms. The van der Waals surface area contributed by atoms with Gasteiger partial charge in [-0.25, -0.2) is 0 Å². The molecule has 118 valence electrons. The smallest absolute Gasteiger partial charge is 0.257 e. The van der Waals surface area contributed by atoms with Gasteiger partial charge in [-0.3, -0.25) is 4.79 Å². The maximum Gasteiger partial charge on any atom is 0.257 e. The van der Waals surface area contributed by atoms with Gasteiger partial charge in [-0.1, -0.05) is 19.9 Å². The van der Waals surface area contributed by atoms with Crippen LogP contribution in [0.15, 0.2) is 18.2 Å². The van der Waals surface area contributed by atoms with Gasteiger partial charge in [0.15, 0.2) is 6.61 Å². The van der Waals surface area contributed by atoms with E-state index in [0.29, 0.717) is 24.5 Å². The molecule has 0 aromatic heterocycles. The lowest BCUT2D eigenvalue weighted by atomic mass is 10.0. The number of hydrogen-bond acceptors (Lipinski definition) is 4. The van der Waals surface area contributed by atoms with E-state index in [0.717, 1.165) is 18.4 Å². The fourth-order valence-electron chi connectivity index (χ4n) is 1.85. The second-order valence-corrected chi connectivity index (χ2v) is 4.98. The summed E-state index contributed by atoms with van der Waals surface area (Å²) in [6.45, 7) is 4.72. The molecule has 0 heterocycles. The van der Waals surface area contributed by atoms with Crippen molar-refractivity contribution in [3.8, 4) is 11.5 Å². The topological polar surface area (TPSA) is 73.6 Å². The minimum absolute atomic E-state index is 0.00152. The number of nitrogens with two attached hydrogens (primary N) is 1. The Bertz CT molecular complexity index is 449. The van der Waals surface area contributed by atoms with Gasteiger partial charge in [-0.05, 0) is 30.9 Å². The van der Waals surface area contributed by atoms with Gasteiger partial charge in [0, 0.05) is 18.7 Å². The van der Waals surface area contributed by atoms with Crippen LogP contribution in [-0.2, 0) is 11.2 Å². The molecular formula is C16H26N2O3. The molecule has 1 rings (SSSR count). The Morgan fingerprint density at radius 1 is 1.38 bits per heavy atom. The number of nitrogens with one attached hydrogen (secondary N) is 1. The highest BCUT2D eigenvalue weighted by atomic mass is 16.5. The second kappa shape index (κ2) is 9.23. The van der Waals surface area contributed by atoms with Crippen molar-refractivity contribution in [3.05, 3.63) is 23.8 Å². The number of methoxy groups -OCH3 is 1. The Morgan fingerprint density at radius 3 is 2.76 bits per heavy atom. The Balaban J connectivity index is 2.74. The van der Waals surface area contributed by atoms with Crippen LogP contribution < -0.4 is 20.5 Å². The van der Waals surface area contributed by atoms with Crippen molar-refractivity contribution >= 4 is 5.91 Å². The highest BCUT2D eigenvalue weighted by Gasteiger charge is 2.11. The van der Waals surface area contributed by atoms with E-state index in [1.807, 2.05) is 26.0 Å². The fourth-order valence-corrected chi connectivity index (χ4v) is 1.85. The highest BCUT2D eigenvalue weighted by Crippen LogP contribution is 2.26. The summed E-state index contributed by atoms with van der Waals surface area (Å²) in [5.74, 6) is 1.24. The van der Waals surface area contributed by atoms with E-state index < -0.39 is 0 Å². The molecule has 3 N–H and O–H groups in total. The molecule has 0 aliphatic heterocycles. The van der Waals surface area contributed by atoms with Crippen LogP contribution in [0.3, 0.4) is 0 Å². The average Bonchev–Trinajstić information content (AvgIpc) is 2.51. The molecule has 0 saturated carbocycles. The Hall–Kier alpha value is -1.75. The van der Waals surface area contributed by atoms with E-state index in [-0.39, 0.29) is 18.6 Å². The minimum Gasteiger partial charge on any atom is -0.497 e. The third kappa shape index (κ3) is 6.04.